The molecule has 0 aliphatic carbocycles. The molecule has 0 saturated carbocycles. The molecular weight excluding hydrogens is 388 g/mol. The number of hydrogen-bond acceptors (Lipinski definition) is 7. The van der Waals surface area contributed by atoms with Gasteiger partial charge in [-0.15, -0.1) is 0 Å². The van der Waals surface area contributed by atoms with E-state index >= 15 is 0 Å². The summed E-state index contributed by atoms with van der Waals surface area (Å²) in [6, 6.07) is 15.2. The van der Waals surface area contributed by atoms with Crippen LogP contribution in [0.15, 0.2) is 68.3 Å². The average Bonchev–Trinajstić information content (AvgIpc) is 3.26. The SMILES string of the molecule is O=C(NCc1cc(-c2ccc3c(c2)OCCO3)on1)c1cc(=O)c2ccccc2o1. The molecule has 0 atom stereocenters. The number of nitrogens with one attached hydrogen (secondary N) is 1. The standard InChI is InChI=1S/C22H16N2O6/c25-16-11-21(29-17-4-2-1-3-15(16)17)22(26)23-12-14-10-19(30-24-14)13-5-6-18-20(9-13)28-8-7-27-18/h1-6,9-11H,7-8,12H2,(H,23,26). The molecular formula is C22H16N2O6. The Kier molecular flexibility index (Phi) is 4.44. The van der Waals surface area contributed by atoms with E-state index in [4.69, 9.17) is 18.4 Å². The van der Waals surface area contributed by atoms with Gasteiger partial charge in [0.25, 0.3) is 5.91 Å². The second-order valence-electron chi connectivity index (χ2n) is 6.69. The summed E-state index contributed by atoms with van der Waals surface area (Å²) in [5, 5.41) is 7.09. The fraction of sp³-hybridized carbons (Fsp3) is 0.136. The molecule has 0 spiro atoms. The fourth-order valence-electron chi connectivity index (χ4n) is 3.20. The molecule has 5 rings (SSSR count). The summed E-state index contributed by atoms with van der Waals surface area (Å²) in [7, 11) is 0. The van der Waals surface area contributed by atoms with Crippen molar-refractivity contribution in [3.05, 3.63) is 76.3 Å². The molecule has 0 unspecified atom stereocenters. The summed E-state index contributed by atoms with van der Waals surface area (Å²) in [4.78, 5) is 24.6. The van der Waals surface area contributed by atoms with Crippen LogP contribution in [-0.4, -0.2) is 24.3 Å². The Hall–Kier alpha value is -4.07. The minimum Gasteiger partial charge on any atom is -0.486 e. The van der Waals surface area contributed by atoms with E-state index < -0.39 is 5.91 Å². The van der Waals surface area contributed by atoms with Crippen molar-refractivity contribution in [3.63, 3.8) is 0 Å². The number of aromatic nitrogens is 1. The van der Waals surface area contributed by atoms with Crippen LogP contribution in [0, 0.1) is 0 Å². The Labute approximate surface area is 170 Å². The average molecular weight is 404 g/mol. The quantitative estimate of drug-likeness (QED) is 0.557. The molecule has 2 aromatic heterocycles. The van der Waals surface area contributed by atoms with Crippen molar-refractivity contribution in [1.82, 2.24) is 10.5 Å². The summed E-state index contributed by atoms with van der Waals surface area (Å²) < 4.78 is 22.0. The Morgan fingerprint density at radius 2 is 1.83 bits per heavy atom. The number of fused-ring (bicyclic) bond motifs is 2. The summed E-state index contributed by atoms with van der Waals surface area (Å²) in [6.07, 6.45) is 0. The molecule has 1 N–H and O–H groups in total. The fourth-order valence-corrected chi connectivity index (χ4v) is 3.20. The highest BCUT2D eigenvalue weighted by molar-refractivity contribution is 5.93. The largest absolute Gasteiger partial charge is 0.486 e. The van der Waals surface area contributed by atoms with Crippen LogP contribution in [0.4, 0.5) is 0 Å². The number of ether oxygens (including phenoxy) is 2. The normalized spacial score (nSPS) is 12.7. The first-order valence-corrected chi connectivity index (χ1v) is 9.34. The molecule has 8 nitrogen and oxygen atoms in total. The third-order valence-corrected chi connectivity index (χ3v) is 4.67. The van der Waals surface area contributed by atoms with Gasteiger partial charge in [0.15, 0.2) is 28.4 Å². The summed E-state index contributed by atoms with van der Waals surface area (Å²) >= 11 is 0. The molecule has 1 aliphatic rings. The lowest BCUT2D eigenvalue weighted by Crippen LogP contribution is -2.24. The molecule has 0 fully saturated rings. The van der Waals surface area contributed by atoms with E-state index in [2.05, 4.69) is 10.5 Å². The highest BCUT2D eigenvalue weighted by Gasteiger charge is 2.16. The van der Waals surface area contributed by atoms with E-state index in [0.717, 1.165) is 5.56 Å². The van der Waals surface area contributed by atoms with Gasteiger partial charge in [-0.2, -0.15) is 0 Å². The van der Waals surface area contributed by atoms with E-state index in [1.165, 1.54) is 6.07 Å². The van der Waals surface area contributed by atoms with Gasteiger partial charge in [0.2, 0.25) is 0 Å². The third kappa shape index (κ3) is 3.39. The van der Waals surface area contributed by atoms with Crippen molar-refractivity contribution in [2.75, 3.05) is 13.2 Å². The second-order valence-corrected chi connectivity index (χ2v) is 6.69. The first-order chi connectivity index (χ1) is 14.7. The molecule has 150 valence electrons. The lowest BCUT2D eigenvalue weighted by molar-refractivity contribution is 0.0923. The predicted molar refractivity (Wildman–Crippen MR) is 107 cm³/mol. The van der Waals surface area contributed by atoms with Crippen LogP contribution in [0.3, 0.4) is 0 Å². The minimum absolute atomic E-state index is 0.0609. The van der Waals surface area contributed by atoms with Gasteiger partial charge in [-0.3, -0.25) is 9.59 Å². The van der Waals surface area contributed by atoms with E-state index in [-0.39, 0.29) is 17.7 Å². The molecule has 0 radical (unpaired) electrons. The number of carbonyl (C=O) groups is 1. The maximum absolute atomic E-state index is 12.4. The zero-order valence-electron chi connectivity index (χ0n) is 15.7. The van der Waals surface area contributed by atoms with Gasteiger partial charge in [0, 0.05) is 17.7 Å². The molecule has 1 amide bonds. The summed E-state index contributed by atoms with van der Waals surface area (Å²) in [5.74, 6) is 1.30. The topological polar surface area (TPSA) is 104 Å². The van der Waals surface area contributed by atoms with Crippen molar-refractivity contribution in [1.29, 1.82) is 0 Å². The molecule has 1 aliphatic heterocycles. The zero-order chi connectivity index (χ0) is 20.5. The van der Waals surface area contributed by atoms with Gasteiger partial charge in [-0.1, -0.05) is 17.3 Å². The van der Waals surface area contributed by atoms with Crippen molar-refractivity contribution in [3.8, 4) is 22.8 Å². The molecule has 3 heterocycles. The molecule has 30 heavy (non-hydrogen) atoms. The van der Waals surface area contributed by atoms with Crippen LogP contribution in [0.25, 0.3) is 22.3 Å². The number of nitrogens with zero attached hydrogens (tertiary/aromatic N) is 1. The highest BCUT2D eigenvalue weighted by Crippen LogP contribution is 2.34. The smallest absolute Gasteiger partial charge is 0.287 e. The Morgan fingerprint density at radius 3 is 2.73 bits per heavy atom. The number of carbonyl (C=O) groups excluding carboxylic acids is 1. The van der Waals surface area contributed by atoms with Crippen LogP contribution in [0.5, 0.6) is 11.5 Å². The van der Waals surface area contributed by atoms with Crippen LogP contribution in [0.2, 0.25) is 0 Å². The Bertz CT molecular complexity index is 1310. The number of para-hydroxylation sites is 1. The lowest BCUT2D eigenvalue weighted by atomic mass is 10.1. The first-order valence-electron chi connectivity index (χ1n) is 9.34. The van der Waals surface area contributed by atoms with Gasteiger partial charge in [-0.25, -0.2) is 0 Å². The predicted octanol–water partition coefficient (Wildman–Crippen LogP) is 3.15. The highest BCUT2D eigenvalue weighted by atomic mass is 16.6. The number of amides is 1. The summed E-state index contributed by atoms with van der Waals surface area (Å²) in [5.41, 5.74) is 1.39. The van der Waals surface area contributed by atoms with Gasteiger partial charge in [0.1, 0.15) is 24.5 Å². The lowest BCUT2D eigenvalue weighted by Gasteiger charge is -2.18. The van der Waals surface area contributed by atoms with E-state index in [0.29, 0.717) is 47.1 Å². The zero-order valence-corrected chi connectivity index (χ0v) is 15.7. The minimum atomic E-state index is -0.512. The van der Waals surface area contributed by atoms with Gasteiger partial charge in [-0.05, 0) is 30.3 Å². The van der Waals surface area contributed by atoms with E-state index in [1.54, 1.807) is 30.3 Å². The van der Waals surface area contributed by atoms with Crippen molar-refractivity contribution < 1.29 is 23.2 Å². The number of benzene rings is 2. The van der Waals surface area contributed by atoms with Crippen molar-refractivity contribution in [2.24, 2.45) is 0 Å². The molecule has 0 saturated heterocycles. The van der Waals surface area contributed by atoms with Crippen LogP contribution in [-0.2, 0) is 6.54 Å². The molecule has 0 bridgehead atoms. The van der Waals surface area contributed by atoms with Gasteiger partial charge < -0.3 is 23.7 Å². The maximum Gasteiger partial charge on any atom is 0.287 e. The van der Waals surface area contributed by atoms with Crippen LogP contribution in [0.1, 0.15) is 16.2 Å². The van der Waals surface area contributed by atoms with E-state index in [9.17, 15) is 9.59 Å². The van der Waals surface area contributed by atoms with Crippen LogP contribution >= 0.6 is 0 Å². The van der Waals surface area contributed by atoms with Gasteiger partial charge in [0.05, 0.1) is 11.9 Å². The third-order valence-electron chi connectivity index (χ3n) is 4.67. The van der Waals surface area contributed by atoms with Crippen molar-refractivity contribution in [2.45, 2.75) is 6.54 Å². The number of hydrogen-bond donors (Lipinski definition) is 1. The second kappa shape index (κ2) is 7.40. The molecule has 2 aromatic carbocycles. The summed E-state index contributed by atoms with van der Waals surface area (Å²) in [6.45, 7) is 1.13. The molecule has 8 heteroatoms. The van der Waals surface area contributed by atoms with Gasteiger partial charge >= 0.3 is 0 Å². The van der Waals surface area contributed by atoms with E-state index in [1.807, 2.05) is 18.2 Å². The maximum atomic E-state index is 12.4. The molecule has 4 aromatic rings. The number of rotatable bonds is 4. The monoisotopic (exact) mass is 404 g/mol. The first kappa shape index (κ1) is 18.0. The van der Waals surface area contributed by atoms with Crippen molar-refractivity contribution >= 4 is 16.9 Å². The Balaban J connectivity index is 1.30. The Morgan fingerprint density at radius 1 is 1.00 bits per heavy atom. The van der Waals surface area contributed by atoms with Crippen LogP contribution < -0.4 is 20.2 Å².